The topological polar surface area (TPSA) is 47.8 Å². The van der Waals surface area contributed by atoms with Crippen molar-refractivity contribution in [3.63, 3.8) is 0 Å². The fraction of sp³-hybridized carbons (Fsp3) is 1.00. The Bertz CT molecular complexity index is 48.2. The summed E-state index contributed by atoms with van der Waals surface area (Å²) < 4.78 is 4.74. The van der Waals surface area contributed by atoms with Crippen LogP contribution in [0.3, 0.4) is 0 Å². The van der Waals surface area contributed by atoms with E-state index in [9.17, 15) is 0 Å². The van der Waals surface area contributed by atoms with Gasteiger partial charge in [0.25, 0.3) is 0 Å². The molecule has 7 heavy (non-hydrogen) atoms. The molecule has 1 heterocycles. The largest absolute Gasteiger partial charge is 0.371 e. The van der Waals surface area contributed by atoms with Crippen molar-refractivity contribution in [2.24, 2.45) is 5.90 Å². The van der Waals surface area contributed by atoms with Gasteiger partial charge in [-0.3, -0.25) is 0 Å². The van der Waals surface area contributed by atoms with E-state index in [1.165, 1.54) is 0 Å². The zero-order valence-electron chi connectivity index (χ0n) is 3.79. The van der Waals surface area contributed by atoms with Gasteiger partial charge < -0.3 is 9.57 Å². The fourth-order valence-corrected chi connectivity index (χ4v) is 0.272. The fourth-order valence-electron chi connectivity index (χ4n) is 0.272. The van der Waals surface area contributed by atoms with Crippen molar-refractivity contribution in [2.75, 3.05) is 13.2 Å². The molecule has 2 N–H and O–H groups in total. The molecule has 0 aromatic rings. The monoisotopic (exact) mass is 125 g/mol. The van der Waals surface area contributed by atoms with Crippen LogP contribution in [0.4, 0.5) is 0 Å². The first-order chi connectivity index (χ1) is 2.93. The number of nitrogens with two attached hydrogens (primary N) is 1. The third kappa shape index (κ3) is 2.82. The molecule has 0 aromatic carbocycles. The van der Waals surface area contributed by atoms with E-state index >= 15 is 0 Å². The van der Waals surface area contributed by atoms with E-state index in [0.717, 1.165) is 6.61 Å². The number of hydrogen-bond acceptors (Lipinski definition) is 3. The molecule has 0 radical (unpaired) electrons. The minimum atomic E-state index is 0. The number of halogens is 1. The lowest BCUT2D eigenvalue weighted by Crippen LogP contribution is -2.05. The molecule has 4 heteroatoms. The Balaban J connectivity index is 0.000000360. The number of ether oxygens (including phenoxy) is 1. The van der Waals surface area contributed by atoms with Crippen LogP contribution >= 0.6 is 12.4 Å². The average Bonchev–Trinajstić information content (AvgIpc) is 2.21. The first kappa shape index (κ1) is 7.17. The van der Waals surface area contributed by atoms with Crippen LogP contribution in [0.1, 0.15) is 0 Å². The summed E-state index contributed by atoms with van der Waals surface area (Å²) in [4.78, 5) is 4.24. The van der Waals surface area contributed by atoms with Crippen molar-refractivity contribution >= 4 is 12.4 Å². The molecular weight excluding hydrogens is 117 g/mol. The number of epoxide rings is 1. The SMILES string of the molecule is Cl.NOCC1CO1. The van der Waals surface area contributed by atoms with E-state index in [2.05, 4.69) is 10.7 Å². The summed E-state index contributed by atoms with van der Waals surface area (Å²) in [6.07, 6.45) is 0.301. The third-order valence-electron chi connectivity index (χ3n) is 0.684. The van der Waals surface area contributed by atoms with E-state index in [4.69, 9.17) is 4.74 Å². The minimum absolute atomic E-state index is 0. The second-order valence-corrected chi connectivity index (χ2v) is 1.29. The van der Waals surface area contributed by atoms with Crippen LogP contribution in [0.5, 0.6) is 0 Å². The van der Waals surface area contributed by atoms with Gasteiger partial charge in [0.05, 0.1) is 13.2 Å². The molecule has 1 unspecified atom stereocenters. The first-order valence-electron chi connectivity index (χ1n) is 1.87. The van der Waals surface area contributed by atoms with Gasteiger partial charge >= 0.3 is 0 Å². The zero-order valence-corrected chi connectivity index (χ0v) is 4.61. The second-order valence-electron chi connectivity index (χ2n) is 1.29. The van der Waals surface area contributed by atoms with Gasteiger partial charge in [-0.15, -0.1) is 12.4 Å². The smallest absolute Gasteiger partial charge is 0.106 e. The quantitative estimate of drug-likeness (QED) is 0.407. The van der Waals surface area contributed by atoms with Crippen molar-refractivity contribution in [1.82, 2.24) is 0 Å². The highest BCUT2D eigenvalue weighted by Gasteiger charge is 2.21. The van der Waals surface area contributed by atoms with Crippen LogP contribution in [-0.2, 0) is 9.57 Å². The molecule has 1 atom stereocenters. The highest BCUT2D eigenvalue weighted by Crippen LogP contribution is 2.06. The van der Waals surface area contributed by atoms with Gasteiger partial charge in [0.15, 0.2) is 0 Å². The van der Waals surface area contributed by atoms with Gasteiger partial charge in [0.2, 0.25) is 0 Å². The Hall–Kier alpha value is 0.170. The van der Waals surface area contributed by atoms with Gasteiger partial charge in [0.1, 0.15) is 6.10 Å². The number of hydrogen-bond donors (Lipinski definition) is 1. The Morgan fingerprint density at radius 3 is 2.57 bits per heavy atom. The van der Waals surface area contributed by atoms with E-state index in [0.29, 0.717) is 12.7 Å². The molecule has 1 aliphatic rings. The third-order valence-corrected chi connectivity index (χ3v) is 0.684. The van der Waals surface area contributed by atoms with Crippen LogP contribution in [0.15, 0.2) is 0 Å². The van der Waals surface area contributed by atoms with Gasteiger partial charge in [-0.25, -0.2) is 5.90 Å². The predicted octanol–water partition coefficient (Wildman–Crippen LogP) is -0.303. The maximum atomic E-state index is 4.74. The van der Waals surface area contributed by atoms with Crippen LogP contribution < -0.4 is 5.90 Å². The normalized spacial score (nSPS) is 26.1. The van der Waals surface area contributed by atoms with Gasteiger partial charge in [-0.2, -0.15) is 0 Å². The van der Waals surface area contributed by atoms with Crippen molar-refractivity contribution in [1.29, 1.82) is 0 Å². The molecule has 1 fully saturated rings. The van der Waals surface area contributed by atoms with Gasteiger partial charge in [-0.1, -0.05) is 0 Å². The van der Waals surface area contributed by atoms with Crippen molar-refractivity contribution < 1.29 is 9.57 Å². The number of rotatable bonds is 2. The predicted molar refractivity (Wildman–Crippen MR) is 27.1 cm³/mol. The second kappa shape index (κ2) is 3.21. The van der Waals surface area contributed by atoms with Crippen LogP contribution in [0.2, 0.25) is 0 Å². The summed E-state index contributed by atoms with van der Waals surface area (Å²) in [5, 5.41) is 0. The van der Waals surface area contributed by atoms with Crippen LogP contribution in [0, 0.1) is 0 Å². The van der Waals surface area contributed by atoms with Gasteiger partial charge in [-0.05, 0) is 0 Å². The van der Waals surface area contributed by atoms with Crippen molar-refractivity contribution in [2.45, 2.75) is 6.10 Å². The molecular formula is C3H8ClNO2. The van der Waals surface area contributed by atoms with Crippen molar-refractivity contribution in [3.05, 3.63) is 0 Å². The highest BCUT2D eigenvalue weighted by atomic mass is 35.5. The molecule has 0 bridgehead atoms. The maximum Gasteiger partial charge on any atom is 0.106 e. The van der Waals surface area contributed by atoms with E-state index < -0.39 is 0 Å². The average molecular weight is 126 g/mol. The molecule has 0 saturated carbocycles. The molecule has 0 spiro atoms. The summed E-state index contributed by atoms with van der Waals surface area (Å²) in [5.74, 6) is 4.69. The van der Waals surface area contributed by atoms with Gasteiger partial charge in [0, 0.05) is 0 Å². The first-order valence-corrected chi connectivity index (χ1v) is 1.87. The summed E-state index contributed by atoms with van der Waals surface area (Å²) in [5.41, 5.74) is 0. The van der Waals surface area contributed by atoms with E-state index in [1.807, 2.05) is 0 Å². The highest BCUT2D eigenvalue weighted by molar-refractivity contribution is 5.85. The summed E-state index contributed by atoms with van der Waals surface area (Å²) in [6.45, 7) is 1.36. The minimum Gasteiger partial charge on any atom is -0.371 e. The van der Waals surface area contributed by atoms with Crippen molar-refractivity contribution in [3.8, 4) is 0 Å². The van der Waals surface area contributed by atoms with E-state index in [1.54, 1.807) is 0 Å². The molecule has 1 aliphatic heterocycles. The molecule has 0 amide bonds. The lowest BCUT2D eigenvalue weighted by Gasteiger charge is -1.84. The summed E-state index contributed by atoms with van der Waals surface area (Å²) in [7, 11) is 0. The molecule has 3 nitrogen and oxygen atoms in total. The van der Waals surface area contributed by atoms with Crippen LogP contribution in [-0.4, -0.2) is 19.3 Å². The maximum absolute atomic E-state index is 4.74. The summed E-state index contributed by atoms with van der Waals surface area (Å²) >= 11 is 0. The molecule has 1 rings (SSSR count). The Morgan fingerprint density at radius 2 is 2.43 bits per heavy atom. The Kier molecular flexibility index (Phi) is 3.29. The standard InChI is InChI=1S/C3H7NO2.ClH/c4-6-2-3-1-5-3;/h3H,1-2,4H2;1H. The lowest BCUT2D eigenvalue weighted by atomic mass is 10.5. The zero-order chi connectivity index (χ0) is 4.41. The molecule has 0 aliphatic carbocycles. The summed E-state index contributed by atoms with van der Waals surface area (Å²) in [6, 6.07) is 0. The lowest BCUT2D eigenvalue weighted by molar-refractivity contribution is 0.119. The van der Waals surface area contributed by atoms with E-state index in [-0.39, 0.29) is 12.4 Å². The van der Waals surface area contributed by atoms with Crippen LogP contribution in [0.25, 0.3) is 0 Å². The molecule has 44 valence electrons. The molecule has 0 aromatic heterocycles. The Morgan fingerprint density at radius 1 is 1.86 bits per heavy atom. The molecule has 1 saturated heterocycles. The Labute approximate surface area is 48.1 Å².